The molecule has 1 heterocycles. The van der Waals surface area contributed by atoms with Crippen molar-refractivity contribution in [3.63, 3.8) is 0 Å². The quantitative estimate of drug-likeness (QED) is 0.773. The summed E-state index contributed by atoms with van der Waals surface area (Å²) >= 11 is 0. The number of aromatic nitrogens is 1. The normalized spacial score (nSPS) is 13.5. The molecule has 0 aliphatic heterocycles. The molecular formula is C17H15N3OS. The van der Waals surface area contributed by atoms with Gasteiger partial charge >= 0.3 is 0 Å². The lowest BCUT2D eigenvalue weighted by Gasteiger charge is -2.10. The summed E-state index contributed by atoms with van der Waals surface area (Å²) < 4.78 is 19.5. The van der Waals surface area contributed by atoms with E-state index in [1.165, 1.54) is 0 Å². The molecule has 0 radical (unpaired) electrons. The van der Waals surface area contributed by atoms with Crippen LogP contribution in [0.1, 0.15) is 0 Å². The van der Waals surface area contributed by atoms with Crippen molar-refractivity contribution in [1.29, 1.82) is 4.78 Å². The highest BCUT2D eigenvalue weighted by atomic mass is 32.2. The van der Waals surface area contributed by atoms with E-state index in [1.54, 1.807) is 24.5 Å². The summed E-state index contributed by atoms with van der Waals surface area (Å²) in [7, 11) is -3.25. The van der Waals surface area contributed by atoms with Crippen LogP contribution in [0.5, 0.6) is 0 Å². The standard InChI is InChI=1S/C17H15N3OS/c18-22(19,21)17-4-2-1-3-16(17)15-7-5-13(6-8-15)14-9-11-20-12-10-14/h1-12H,(H3,18,19,21). The van der Waals surface area contributed by atoms with Crippen LogP contribution in [-0.2, 0) is 9.92 Å². The maximum atomic E-state index is 11.9. The van der Waals surface area contributed by atoms with E-state index in [0.717, 1.165) is 22.3 Å². The van der Waals surface area contributed by atoms with Crippen molar-refractivity contribution >= 4 is 9.92 Å². The molecule has 5 heteroatoms. The van der Waals surface area contributed by atoms with Gasteiger partial charge in [-0.25, -0.2) is 14.1 Å². The topological polar surface area (TPSA) is 79.8 Å². The molecule has 0 amide bonds. The Morgan fingerprint density at radius 3 is 2.00 bits per heavy atom. The van der Waals surface area contributed by atoms with Gasteiger partial charge in [-0.05, 0) is 34.9 Å². The number of rotatable bonds is 3. The lowest BCUT2D eigenvalue weighted by molar-refractivity contribution is 0.676. The van der Waals surface area contributed by atoms with Gasteiger partial charge in [0, 0.05) is 18.0 Å². The van der Waals surface area contributed by atoms with Crippen molar-refractivity contribution in [3.8, 4) is 22.3 Å². The maximum absolute atomic E-state index is 11.9. The summed E-state index contributed by atoms with van der Waals surface area (Å²) in [6.45, 7) is 0. The van der Waals surface area contributed by atoms with Crippen LogP contribution in [0.2, 0.25) is 0 Å². The van der Waals surface area contributed by atoms with Crippen LogP contribution in [-0.4, -0.2) is 9.19 Å². The van der Waals surface area contributed by atoms with E-state index < -0.39 is 9.92 Å². The van der Waals surface area contributed by atoms with Crippen LogP contribution < -0.4 is 5.14 Å². The molecule has 1 unspecified atom stereocenters. The molecule has 4 nitrogen and oxygen atoms in total. The van der Waals surface area contributed by atoms with Crippen LogP contribution in [0.3, 0.4) is 0 Å². The average Bonchev–Trinajstić information content (AvgIpc) is 2.55. The second kappa shape index (κ2) is 5.71. The zero-order valence-electron chi connectivity index (χ0n) is 11.8. The lowest BCUT2D eigenvalue weighted by atomic mass is 10.0. The summed E-state index contributed by atoms with van der Waals surface area (Å²) in [6.07, 6.45) is 3.50. The first-order valence-corrected chi connectivity index (χ1v) is 8.34. The Hall–Kier alpha value is -2.50. The van der Waals surface area contributed by atoms with Crippen LogP contribution in [0.15, 0.2) is 78.0 Å². The van der Waals surface area contributed by atoms with E-state index in [-0.39, 0.29) is 0 Å². The molecule has 0 spiro atoms. The third-order valence-electron chi connectivity index (χ3n) is 3.42. The van der Waals surface area contributed by atoms with Gasteiger partial charge in [-0.1, -0.05) is 42.5 Å². The predicted octanol–water partition coefficient (Wildman–Crippen LogP) is 3.69. The third-order valence-corrected chi connectivity index (χ3v) is 4.43. The van der Waals surface area contributed by atoms with Crippen molar-refractivity contribution < 1.29 is 4.21 Å². The minimum Gasteiger partial charge on any atom is -0.265 e. The van der Waals surface area contributed by atoms with Gasteiger partial charge < -0.3 is 0 Å². The van der Waals surface area contributed by atoms with Gasteiger partial charge in [0.15, 0.2) is 0 Å². The molecule has 1 aromatic heterocycles. The van der Waals surface area contributed by atoms with E-state index in [9.17, 15) is 4.21 Å². The number of hydrogen-bond acceptors (Lipinski definition) is 3. The van der Waals surface area contributed by atoms with E-state index in [1.807, 2.05) is 48.5 Å². The molecule has 22 heavy (non-hydrogen) atoms. The van der Waals surface area contributed by atoms with Gasteiger partial charge in [0.1, 0.15) is 9.92 Å². The fourth-order valence-corrected chi connectivity index (χ4v) is 3.15. The first kappa shape index (κ1) is 14.4. The number of nitrogens with two attached hydrogens (primary N) is 1. The third kappa shape index (κ3) is 2.90. The minimum atomic E-state index is -3.25. The van der Waals surface area contributed by atoms with E-state index in [0.29, 0.717) is 4.90 Å². The number of benzene rings is 2. The summed E-state index contributed by atoms with van der Waals surface area (Å²) in [5.41, 5.74) is 3.77. The number of nitrogens with zero attached hydrogens (tertiary/aromatic N) is 1. The summed E-state index contributed by atoms with van der Waals surface area (Å²) in [5.74, 6) is 0. The monoisotopic (exact) mass is 309 g/mol. The largest absolute Gasteiger partial charge is 0.265 e. The Balaban J connectivity index is 2.05. The second-order valence-corrected chi connectivity index (χ2v) is 6.55. The van der Waals surface area contributed by atoms with Gasteiger partial charge in [-0.2, -0.15) is 0 Å². The molecule has 3 aromatic rings. The Bertz CT molecular complexity index is 889. The Kier molecular flexibility index (Phi) is 3.75. The van der Waals surface area contributed by atoms with Crippen LogP contribution in [0.4, 0.5) is 0 Å². The van der Waals surface area contributed by atoms with E-state index >= 15 is 0 Å². The Morgan fingerprint density at radius 1 is 0.818 bits per heavy atom. The van der Waals surface area contributed by atoms with Gasteiger partial charge in [-0.15, -0.1) is 0 Å². The Labute approximate surface area is 129 Å². The highest BCUT2D eigenvalue weighted by Crippen LogP contribution is 2.28. The van der Waals surface area contributed by atoms with Gasteiger partial charge in [0.05, 0.1) is 4.90 Å². The first-order chi connectivity index (χ1) is 10.6. The van der Waals surface area contributed by atoms with Gasteiger partial charge in [0.25, 0.3) is 0 Å². The van der Waals surface area contributed by atoms with Crippen LogP contribution in [0, 0.1) is 4.78 Å². The molecule has 0 fully saturated rings. The maximum Gasteiger partial charge on any atom is 0.132 e. The van der Waals surface area contributed by atoms with Gasteiger partial charge in [0.2, 0.25) is 0 Å². The van der Waals surface area contributed by atoms with E-state index in [2.05, 4.69) is 4.98 Å². The zero-order chi connectivity index (χ0) is 15.6. The predicted molar refractivity (Wildman–Crippen MR) is 88.4 cm³/mol. The molecular weight excluding hydrogens is 294 g/mol. The molecule has 0 saturated carbocycles. The highest BCUT2D eigenvalue weighted by Gasteiger charge is 2.11. The summed E-state index contributed by atoms with van der Waals surface area (Å²) in [6, 6.07) is 18.8. The van der Waals surface area contributed by atoms with Crippen molar-refractivity contribution in [2.24, 2.45) is 5.14 Å². The van der Waals surface area contributed by atoms with Crippen LogP contribution >= 0.6 is 0 Å². The SMILES string of the molecule is N=S(N)(=O)c1ccccc1-c1ccc(-c2ccncc2)cc1. The van der Waals surface area contributed by atoms with Gasteiger partial charge in [-0.3, -0.25) is 4.98 Å². The fraction of sp³-hybridized carbons (Fsp3) is 0. The molecule has 0 aliphatic carbocycles. The Morgan fingerprint density at radius 2 is 1.36 bits per heavy atom. The number of pyridine rings is 1. The molecule has 0 bridgehead atoms. The minimum absolute atomic E-state index is 0.353. The zero-order valence-corrected chi connectivity index (χ0v) is 12.6. The molecule has 3 rings (SSSR count). The second-order valence-electron chi connectivity index (χ2n) is 4.91. The summed E-state index contributed by atoms with van der Waals surface area (Å²) in [5, 5.41) is 5.50. The molecule has 0 aliphatic rings. The molecule has 3 N–H and O–H groups in total. The number of nitrogens with one attached hydrogen (secondary N) is 1. The smallest absolute Gasteiger partial charge is 0.132 e. The van der Waals surface area contributed by atoms with Crippen LogP contribution in [0.25, 0.3) is 22.3 Å². The fourth-order valence-electron chi connectivity index (χ4n) is 2.36. The number of hydrogen-bond donors (Lipinski definition) is 2. The molecule has 0 saturated heterocycles. The van der Waals surface area contributed by atoms with Crippen molar-refractivity contribution in [1.82, 2.24) is 4.98 Å². The molecule has 1 atom stereocenters. The first-order valence-electron chi connectivity index (χ1n) is 6.72. The molecule has 2 aromatic carbocycles. The van der Waals surface area contributed by atoms with Crippen molar-refractivity contribution in [2.45, 2.75) is 4.90 Å². The highest BCUT2D eigenvalue weighted by molar-refractivity contribution is 7.90. The average molecular weight is 309 g/mol. The molecule has 110 valence electrons. The van der Waals surface area contributed by atoms with Crippen molar-refractivity contribution in [3.05, 3.63) is 73.1 Å². The van der Waals surface area contributed by atoms with E-state index in [4.69, 9.17) is 9.92 Å². The lowest BCUT2D eigenvalue weighted by Crippen LogP contribution is -2.11. The summed E-state index contributed by atoms with van der Waals surface area (Å²) in [4.78, 5) is 4.36. The van der Waals surface area contributed by atoms with Crippen molar-refractivity contribution in [2.75, 3.05) is 0 Å².